The highest BCUT2D eigenvalue weighted by molar-refractivity contribution is 5.68. The highest BCUT2D eigenvalue weighted by Crippen LogP contribution is 2.32. The molecule has 1 aliphatic carbocycles. The highest BCUT2D eigenvalue weighted by Gasteiger charge is 2.33. The summed E-state index contributed by atoms with van der Waals surface area (Å²) in [5, 5.41) is 13.0. The molecule has 2 aliphatic rings. The van der Waals surface area contributed by atoms with Crippen molar-refractivity contribution in [1.29, 1.82) is 0 Å². The van der Waals surface area contributed by atoms with E-state index in [1.54, 1.807) is 0 Å². The maximum atomic E-state index is 12.1. The number of amides is 1. The fourth-order valence-electron chi connectivity index (χ4n) is 3.42. The van der Waals surface area contributed by atoms with Crippen LogP contribution in [0.3, 0.4) is 0 Å². The number of nitrogens with zero attached hydrogens (tertiary/aromatic N) is 1. The predicted molar refractivity (Wildman–Crippen MR) is 91.3 cm³/mol. The standard InChI is InChI=1S/C18H34N2O3/c1-5-16(21)9-14-8-15(19-17(22)23-18(2,3)4)12-20(11-14)10-13-6-7-13/h13-16,21H,5-12H2,1-4H3,(H,19,22). The lowest BCUT2D eigenvalue weighted by atomic mass is 9.88. The smallest absolute Gasteiger partial charge is 0.407 e. The number of likely N-dealkylation sites (tertiary alicyclic amines) is 1. The average molecular weight is 326 g/mol. The number of hydrogen-bond acceptors (Lipinski definition) is 4. The second-order valence-corrected chi connectivity index (χ2v) is 8.40. The summed E-state index contributed by atoms with van der Waals surface area (Å²) in [6.07, 6.45) is 4.66. The summed E-state index contributed by atoms with van der Waals surface area (Å²) in [5.41, 5.74) is -0.468. The molecule has 134 valence electrons. The number of nitrogens with one attached hydrogen (secondary N) is 1. The van der Waals surface area contributed by atoms with Crippen LogP contribution in [0.2, 0.25) is 0 Å². The predicted octanol–water partition coefficient (Wildman–Crippen LogP) is 2.77. The molecule has 0 spiro atoms. The van der Waals surface area contributed by atoms with E-state index >= 15 is 0 Å². The first-order valence-electron chi connectivity index (χ1n) is 9.15. The zero-order valence-electron chi connectivity index (χ0n) is 15.2. The van der Waals surface area contributed by atoms with Gasteiger partial charge in [-0.25, -0.2) is 4.79 Å². The molecule has 0 aromatic rings. The van der Waals surface area contributed by atoms with Gasteiger partial charge in [-0.1, -0.05) is 6.92 Å². The molecule has 2 rings (SSSR count). The molecule has 23 heavy (non-hydrogen) atoms. The molecule has 0 bridgehead atoms. The van der Waals surface area contributed by atoms with E-state index in [1.807, 2.05) is 27.7 Å². The van der Waals surface area contributed by atoms with Gasteiger partial charge in [0.15, 0.2) is 0 Å². The third-order valence-electron chi connectivity index (χ3n) is 4.62. The number of ether oxygens (including phenoxy) is 1. The number of aliphatic hydroxyl groups excluding tert-OH is 1. The lowest BCUT2D eigenvalue weighted by Gasteiger charge is -2.39. The molecule has 3 unspecified atom stereocenters. The van der Waals surface area contributed by atoms with Crippen molar-refractivity contribution in [3.05, 3.63) is 0 Å². The van der Waals surface area contributed by atoms with E-state index in [0.29, 0.717) is 5.92 Å². The first-order valence-corrected chi connectivity index (χ1v) is 9.15. The number of carbonyl (C=O) groups is 1. The minimum Gasteiger partial charge on any atom is -0.444 e. The molecule has 0 aromatic heterocycles. The summed E-state index contributed by atoms with van der Waals surface area (Å²) < 4.78 is 5.39. The van der Waals surface area contributed by atoms with Gasteiger partial charge in [0.05, 0.1) is 6.10 Å². The molecule has 1 aliphatic heterocycles. The van der Waals surface area contributed by atoms with E-state index in [9.17, 15) is 9.90 Å². The van der Waals surface area contributed by atoms with Crippen molar-refractivity contribution < 1.29 is 14.6 Å². The van der Waals surface area contributed by atoms with Gasteiger partial charge >= 0.3 is 6.09 Å². The van der Waals surface area contributed by atoms with E-state index < -0.39 is 5.60 Å². The fourth-order valence-corrected chi connectivity index (χ4v) is 3.42. The summed E-state index contributed by atoms with van der Waals surface area (Å²) in [7, 11) is 0. The van der Waals surface area contributed by atoms with E-state index in [2.05, 4.69) is 10.2 Å². The number of hydrogen-bond donors (Lipinski definition) is 2. The van der Waals surface area contributed by atoms with Crippen LogP contribution in [0.25, 0.3) is 0 Å². The minimum absolute atomic E-state index is 0.117. The first kappa shape index (κ1) is 18.5. The zero-order chi connectivity index (χ0) is 17.0. The highest BCUT2D eigenvalue weighted by atomic mass is 16.6. The second kappa shape index (κ2) is 7.84. The zero-order valence-corrected chi connectivity index (χ0v) is 15.2. The molecule has 0 aromatic carbocycles. The Hall–Kier alpha value is -0.810. The van der Waals surface area contributed by atoms with Gasteiger partial charge in [-0.05, 0) is 64.7 Å². The summed E-state index contributed by atoms with van der Waals surface area (Å²) >= 11 is 0. The van der Waals surface area contributed by atoms with Gasteiger partial charge < -0.3 is 20.1 Å². The third kappa shape index (κ3) is 7.08. The SMILES string of the molecule is CCC(O)CC1CC(NC(=O)OC(C)(C)C)CN(CC2CC2)C1. The van der Waals surface area contributed by atoms with Crippen LogP contribution in [0.1, 0.15) is 59.8 Å². The molecule has 1 amide bonds. The van der Waals surface area contributed by atoms with Gasteiger partial charge in [0.2, 0.25) is 0 Å². The largest absolute Gasteiger partial charge is 0.444 e. The third-order valence-corrected chi connectivity index (χ3v) is 4.62. The van der Waals surface area contributed by atoms with Crippen LogP contribution in [0, 0.1) is 11.8 Å². The molecule has 0 radical (unpaired) electrons. The van der Waals surface area contributed by atoms with Gasteiger partial charge in [0.25, 0.3) is 0 Å². The topological polar surface area (TPSA) is 61.8 Å². The quantitative estimate of drug-likeness (QED) is 0.788. The number of aliphatic hydroxyl groups is 1. The summed E-state index contributed by atoms with van der Waals surface area (Å²) in [4.78, 5) is 14.5. The van der Waals surface area contributed by atoms with Crippen molar-refractivity contribution in [2.75, 3.05) is 19.6 Å². The molecule has 1 heterocycles. The Morgan fingerprint density at radius 2 is 2.00 bits per heavy atom. The summed E-state index contributed by atoms with van der Waals surface area (Å²) in [6, 6.07) is 0.117. The van der Waals surface area contributed by atoms with E-state index in [4.69, 9.17) is 4.74 Å². The number of piperidine rings is 1. The van der Waals surface area contributed by atoms with Crippen molar-refractivity contribution >= 4 is 6.09 Å². The van der Waals surface area contributed by atoms with Gasteiger partial charge in [-0.2, -0.15) is 0 Å². The summed E-state index contributed by atoms with van der Waals surface area (Å²) in [6.45, 7) is 10.7. The minimum atomic E-state index is -0.468. The van der Waals surface area contributed by atoms with E-state index in [1.165, 1.54) is 12.8 Å². The molecule has 1 saturated heterocycles. The number of carbonyl (C=O) groups excluding carboxylic acids is 1. The fraction of sp³-hybridized carbons (Fsp3) is 0.944. The molecule has 5 nitrogen and oxygen atoms in total. The maximum absolute atomic E-state index is 12.1. The van der Waals surface area contributed by atoms with Crippen LogP contribution >= 0.6 is 0 Å². The molecular weight excluding hydrogens is 292 g/mol. The Morgan fingerprint density at radius 3 is 2.57 bits per heavy atom. The van der Waals surface area contributed by atoms with Crippen molar-refractivity contribution in [2.45, 2.75) is 77.5 Å². The monoisotopic (exact) mass is 326 g/mol. The second-order valence-electron chi connectivity index (χ2n) is 8.40. The van der Waals surface area contributed by atoms with Crippen molar-refractivity contribution in [2.24, 2.45) is 11.8 Å². The van der Waals surface area contributed by atoms with Gasteiger partial charge in [-0.3, -0.25) is 0 Å². The van der Waals surface area contributed by atoms with Crippen LogP contribution in [0.4, 0.5) is 4.79 Å². The van der Waals surface area contributed by atoms with E-state index in [-0.39, 0.29) is 18.2 Å². The molecule has 2 fully saturated rings. The average Bonchev–Trinajstić information content (AvgIpc) is 3.19. The molecule has 2 N–H and O–H groups in total. The van der Waals surface area contributed by atoms with Crippen LogP contribution in [0.5, 0.6) is 0 Å². The Labute approximate surface area is 140 Å². The molecule has 5 heteroatoms. The molecule has 3 atom stereocenters. The Morgan fingerprint density at radius 1 is 1.30 bits per heavy atom. The summed E-state index contributed by atoms with van der Waals surface area (Å²) in [5.74, 6) is 1.28. The van der Waals surface area contributed by atoms with Crippen LogP contribution in [-0.2, 0) is 4.74 Å². The normalized spacial score (nSPS) is 27.5. The number of rotatable bonds is 6. The Balaban J connectivity index is 1.89. The van der Waals surface area contributed by atoms with Gasteiger partial charge in [0.1, 0.15) is 5.60 Å². The molecular formula is C18H34N2O3. The maximum Gasteiger partial charge on any atom is 0.407 e. The van der Waals surface area contributed by atoms with Crippen LogP contribution in [-0.4, -0.2) is 53.5 Å². The van der Waals surface area contributed by atoms with Crippen molar-refractivity contribution in [1.82, 2.24) is 10.2 Å². The van der Waals surface area contributed by atoms with Crippen molar-refractivity contribution in [3.63, 3.8) is 0 Å². The lowest BCUT2D eigenvalue weighted by Crippen LogP contribution is -2.52. The van der Waals surface area contributed by atoms with Crippen LogP contribution < -0.4 is 5.32 Å². The molecule has 1 saturated carbocycles. The van der Waals surface area contributed by atoms with Gasteiger partial charge in [0, 0.05) is 25.7 Å². The first-order chi connectivity index (χ1) is 10.7. The number of alkyl carbamates (subject to hydrolysis) is 1. The Bertz CT molecular complexity index is 390. The lowest BCUT2D eigenvalue weighted by molar-refractivity contribution is 0.0413. The van der Waals surface area contributed by atoms with Gasteiger partial charge in [-0.15, -0.1) is 0 Å². The van der Waals surface area contributed by atoms with Crippen LogP contribution in [0.15, 0.2) is 0 Å². The van der Waals surface area contributed by atoms with E-state index in [0.717, 1.165) is 44.8 Å². The van der Waals surface area contributed by atoms with Crippen molar-refractivity contribution in [3.8, 4) is 0 Å². The Kier molecular flexibility index (Phi) is 6.32.